The molecule has 0 saturated carbocycles. The summed E-state index contributed by atoms with van der Waals surface area (Å²) in [5, 5.41) is 16.5. The van der Waals surface area contributed by atoms with Gasteiger partial charge >= 0.3 is 0 Å². The highest BCUT2D eigenvalue weighted by molar-refractivity contribution is 6.01. The van der Waals surface area contributed by atoms with Gasteiger partial charge < -0.3 is 9.88 Å². The van der Waals surface area contributed by atoms with Gasteiger partial charge in [-0.15, -0.1) is 0 Å². The Kier molecular flexibility index (Phi) is 6.46. The largest absolute Gasteiger partial charge is 0.337 e. The van der Waals surface area contributed by atoms with Crippen molar-refractivity contribution in [2.45, 2.75) is 13.5 Å². The van der Waals surface area contributed by atoms with Crippen molar-refractivity contribution in [2.75, 3.05) is 5.32 Å². The lowest BCUT2D eigenvalue weighted by molar-refractivity contribution is -0.116. The zero-order valence-corrected chi connectivity index (χ0v) is 18.2. The molecule has 7 nitrogen and oxygen atoms in total. The van der Waals surface area contributed by atoms with Crippen molar-refractivity contribution in [1.29, 1.82) is 5.26 Å². The number of para-hydroxylation sites is 1. The number of hydrogen-bond acceptors (Lipinski definition) is 4. The smallest absolute Gasteiger partial charge is 0.274 e. The fourth-order valence-corrected chi connectivity index (χ4v) is 3.58. The molecule has 34 heavy (non-hydrogen) atoms. The van der Waals surface area contributed by atoms with E-state index in [-0.39, 0.29) is 23.6 Å². The summed E-state index contributed by atoms with van der Waals surface area (Å²) in [5.74, 6) is -1.72. The number of fused-ring (bicyclic) bond motifs is 1. The molecule has 4 rings (SSSR count). The van der Waals surface area contributed by atoms with E-state index in [1.54, 1.807) is 10.8 Å². The Hall–Kier alpha value is -4.77. The molecule has 8 heteroatoms. The predicted octanol–water partition coefficient (Wildman–Crippen LogP) is 4.36. The maximum Gasteiger partial charge on any atom is 0.274 e. The monoisotopic (exact) mass is 453 g/mol. The molecule has 0 aliphatic heterocycles. The molecule has 0 aliphatic carbocycles. The highest BCUT2D eigenvalue weighted by atomic mass is 19.1. The lowest BCUT2D eigenvalue weighted by atomic mass is 10.1. The van der Waals surface area contributed by atoms with Crippen LogP contribution in [0, 0.1) is 24.1 Å². The van der Waals surface area contributed by atoms with E-state index >= 15 is 0 Å². The number of carbonyl (C=O) groups excluding carboxylic acids is 2. The molecule has 3 aromatic carbocycles. The van der Waals surface area contributed by atoms with Gasteiger partial charge in [-0.25, -0.2) is 9.82 Å². The lowest BCUT2D eigenvalue weighted by Gasteiger charge is -2.08. The maximum absolute atomic E-state index is 14.0. The number of amides is 2. The molecule has 1 heterocycles. The number of aryl methyl sites for hydroxylation is 1. The number of rotatable bonds is 6. The lowest BCUT2D eigenvalue weighted by Crippen LogP contribution is -2.19. The van der Waals surface area contributed by atoms with Crippen LogP contribution in [0.15, 0.2) is 78.0 Å². The molecule has 168 valence electrons. The highest BCUT2D eigenvalue weighted by Crippen LogP contribution is 2.20. The second-order valence-corrected chi connectivity index (χ2v) is 7.65. The van der Waals surface area contributed by atoms with Crippen molar-refractivity contribution in [3.63, 3.8) is 0 Å². The van der Waals surface area contributed by atoms with Crippen LogP contribution in [0.1, 0.15) is 27.0 Å². The van der Waals surface area contributed by atoms with E-state index in [1.807, 2.05) is 61.5 Å². The molecule has 0 saturated heterocycles. The van der Waals surface area contributed by atoms with Gasteiger partial charge in [-0.1, -0.05) is 30.3 Å². The van der Waals surface area contributed by atoms with Crippen molar-refractivity contribution in [2.24, 2.45) is 5.10 Å². The van der Waals surface area contributed by atoms with E-state index in [9.17, 15) is 14.0 Å². The van der Waals surface area contributed by atoms with Crippen molar-refractivity contribution in [1.82, 2.24) is 9.99 Å². The van der Waals surface area contributed by atoms with Crippen LogP contribution in [0.2, 0.25) is 0 Å². The normalized spacial score (nSPS) is 10.9. The number of hydrogen-bond donors (Lipinski definition) is 2. The van der Waals surface area contributed by atoms with Crippen LogP contribution in [0.25, 0.3) is 10.9 Å². The predicted molar refractivity (Wildman–Crippen MR) is 128 cm³/mol. The third-order valence-corrected chi connectivity index (χ3v) is 5.15. The molecule has 0 aliphatic rings. The molecule has 0 spiro atoms. The van der Waals surface area contributed by atoms with Crippen LogP contribution in [0.4, 0.5) is 10.1 Å². The quantitative estimate of drug-likeness (QED) is 0.335. The minimum atomic E-state index is -0.803. The average molecular weight is 453 g/mol. The van der Waals surface area contributed by atoms with Gasteiger partial charge in [-0.05, 0) is 48.9 Å². The summed E-state index contributed by atoms with van der Waals surface area (Å²) in [5.41, 5.74) is 5.48. The Balaban J connectivity index is 1.50. The van der Waals surface area contributed by atoms with E-state index < -0.39 is 11.7 Å². The number of aromatic nitrogens is 1. The molecule has 0 bridgehead atoms. The first-order valence-electron chi connectivity index (χ1n) is 10.4. The summed E-state index contributed by atoms with van der Waals surface area (Å²) in [6, 6.07) is 20.5. The minimum absolute atomic E-state index is 0.0884. The zero-order chi connectivity index (χ0) is 24.1. The number of hydrazone groups is 1. The number of nitrogens with zero attached hydrogens (tertiary/aromatic N) is 3. The summed E-state index contributed by atoms with van der Waals surface area (Å²) < 4.78 is 15.8. The number of carbonyl (C=O) groups is 2. The summed E-state index contributed by atoms with van der Waals surface area (Å²) >= 11 is 0. The topological polar surface area (TPSA) is 99.3 Å². The molecular weight excluding hydrogens is 433 g/mol. The van der Waals surface area contributed by atoms with Gasteiger partial charge in [-0.2, -0.15) is 10.4 Å². The minimum Gasteiger partial charge on any atom is -0.337 e. The molecule has 0 radical (unpaired) electrons. The summed E-state index contributed by atoms with van der Waals surface area (Å²) in [6.45, 7) is 2.04. The van der Waals surface area contributed by atoms with Gasteiger partial charge in [0.25, 0.3) is 5.91 Å². The van der Waals surface area contributed by atoms with E-state index in [2.05, 4.69) is 15.8 Å². The van der Waals surface area contributed by atoms with Gasteiger partial charge in [0.1, 0.15) is 12.4 Å². The Morgan fingerprint density at radius 2 is 1.94 bits per heavy atom. The number of nitrogens with one attached hydrogen (secondary N) is 2. The zero-order valence-electron chi connectivity index (χ0n) is 18.2. The molecular formula is C26H20FN5O2. The highest BCUT2D eigenvalue weighted by Gasteiger charge is 2.13. The first-order chi connectivity index (χ1) is 16.4. The van der Waals surface area contributed by atoms with E-state index in [1.165, 1.54) is 18.3 Å². The summed E-state index contributed by atoms with van der Waals surface area (Å²) in [6.07, 6.45) is 3.20. The Morgan fingerprint density at radius 3 is 2.71 bits per heavy atom. The molecule has 2 N–H and O–H groups in total. The van der Waals surface area contributed by atoms with Gasteiger partial charge in [0, 0.05) is 28.4 Å². The van der Waals surface area contributed by atoms with Crippen LogP contribution in [-0.4, -0.2) is 22.6 Å². The molecule has 2 amide bonds. The summed E-state index contributed by atoms with van der Waals surface area (Å²) in [7, 11) is 0. The number of anilines is 1. The van der Waals surface area contributed by atoms with Crippen LogP contribution < -0.4 is 10.7 Å². The molecule has 1 aromatic heterocycles. The van der Waals surface area contributed by atoms with Crippen LogP contribution in [-0.2, 0) is 11.3 Å². The Morgan fingerprint density at radius 1 is 1.12 bits per heavy atom. The van der Waals surface area contributed by atoms with Crippen molar-refractivity contribution < 1.29 is 14.0 Å². The fraction of sp³-hybridized carbons (Fsp3) is 0.0769. The summed E-state index contributed by atoms with van der Waals surface area (Å²) in [4.78, 5) is 24.9. The van der Waals surface area contributed by atoms with E-state index in [4.69, 9.17) is 5.26 Å². The Bertz CT molecular complexity index is 1470. The molecule has 0 fully saturated rings. The Labute approximate surface area is 195 Å². The van der Waals surface area contributed by atoms with Gasteiger partial charge in [0.15, 0.2) is 0 Å². The SMILES string of the molecule is Cc1cccc(NC(=O)Cn2cc(/C=N/NC(=O)c3ccc(C#N)cc3F)c3ccccc32)c1. The molecule has 0 atom stereocenters. The van der Waals surface area contributed by atoms with Gasteiger partial charge in [0.2, 0.25) is 5.91 Å². The number of benzene rings is 3. The van der Waals surface area contributed by atoms with Gasteiger partial charge in [0.05, 0.1) is 23.4 Å². The van der Waals surface area contributed by atoms with Crippen molar-refractivity contribution in [3.05, 3.63) is 101 Å². The number of nitriles is 1. The fourth-order valence-electron chi connectivity index (χ4n) is 3.58. The first-order valence-corrected chi connectivity index (χ1v) is 10.4. The number of halogens is 1. The van der Waals surface area contributed by atoms with Crippen molar-refractivity contribution in [3.8, 4) is 6.07 Å². The third kappa shape index (κ3) is 5.00. The first kappa shape index (κ1) is 22.4. The van der Waals surface area contributed by atoms with Gasteiger partial charge in [-0.3, -0.25) is 9.59 Å². The van der Waals surface area contributed by atoms with Crippen molar-refractivity contribution >= 4 is 34.6 Å². The maximum atomic E-state index is 14.0. The molecule has 0 unspecified atom stereocenters. The molecule has 4 aromatic rings. The second kappa shape index (κ2) is 9.79. The second-order valence-electron chi connectivity index (χ2n) is 7.65. The van der Waals surface area contributed by atoms with Crippen LogP contribution in [0.3, 0.4) is 0 Å². The van der Waals surface area contributed by atoms with E-state index in [0.717, 1.165) is 28.2 Å². The standard InChI is InChI=1S/C26H20FN5O2/c1-17-5-4-6-20(11-17)30-25(33)16-32-15-19(21-7-2-3-8-24(21)32)14-29-31-26(34)22-10-9-18(13-28)12-23(22)27/h2-12,14-15H,16H2,1H3,(H,30,33)(H,31,34)/b29-14+. The van der Waals surface area contributed by atoms with Crippen LogP contribution in [0.5, 0.6) is 0 Å². The average Bonchev–Trinajstić information content (AvgIpc) is 3.16. The third-order valence-electron chi connectivity index (χ3n) is 5.15. The van der Waals surface area contributed by atoms with E-state index in [0.29, 0.717) is 5.56 Å². The van der Waals surface area contributed by atoms with Crippen LogP contribution >= 0.6 is 0 Å².